The quantitative estimate of drug-likeness (QED) is 0.776. The first-order valence-corrected chi connectivity index (χ1v) is 5.71. The Morgan fingerprint density at radius 3 is 2.50 bits per heavy atom. The van der Waals surface area contributed by atoms with E-state index < -0.39 is 0 Å². The fourth-order valence-corrected chi connectivity index (χ4v) is 1.73. The number of anilines is 1. The lowest BCUT2D eigenvalue weighted by Crippen LogP contribution is -2.13. The number of nitrogens with zero attached hydrogens (tertiary/aromatic N) is 2. The van der Waals surface area contributed by atoms with Gasteiger partial charge < -0.3 is 5.32 Å². The molecule has 14 heavy (non-hydrogen) atoms. The number of hydrogen-bond acceptors (Lipinski definition) is 4. The molecule has 1 N–H and O–H groups in total. The predicted octanol–water partition coefficient (Wildman–Crippen LogP) is 2.42. The molecule has 0 aliphatic heterocycles. The van der Waals surface area contributed by atoms with Crippen molar-refractivity contribution in [2.24, 2.45) is 0 Å². The molecule has 0 unspecified atom stereocenters. The van der Waals surface area contributed by atoms with Gasteiger partial charge in [-0.2, -0.15) is 11.8 Å². The molecule has 0 fully saturated rings. The van der Waals surface area contributed by atoms with Crippen LogP contribution in [0, 0.1) is 0 Å². The number of rotatable bonds is 4. The van der Waals surface area contributed by atoms with Crippen molar-refractivity contribution in [1.29, 1.82) is 0 Å². The second-order valence-electron chi connectivity index (χ2n) is 3.96. The summed E-state index contributed by atoms with van der Waals surface area (Å²) >= 11 is 1.93. The van der Waals surface area contributed by atoms with E-state index in [1.54, 1.807) is 12.4 Å². The number of aromatic nitrogens is 2. The van der Waals surface area contributed by atoms with Gasteiger partial charge in [-0.25, -0.2) is 9.97 Å². The summed E-state index contributed by atoms with van der Waals surface area (Å²) in [6.45, 7) is 7.57. The highest BCUT2D eigenvalue weighted by molar-refractivity contribution is 8.00. The van der Waals surface area contributed by atoms with Gasteiger partial charge in [0.1, 0.15) is 0 Å². The van der Waals surface area contributed by atoms with E-state index in [0.717, 1.165) is 12.3 Å². The minimum Gasteiger partial charge on any atom is -0.353 e. The van der Waals surface area contributed by atoms with E-state index >= 15 is 0 Å². The third-order valence-corrected chi connectivity index (χ3v) is 2.76. The van der Waals surface area contributed by atoms with E-state index in [2.05, 4.69) is 36.1 Å². The maximum absolute atomic E-state index is 4.08. The Labute approximate surface area is 89.7 Å². The molecule has 4 heteroatoms. The molecular formula is C10H17N3S. The molecule has 0 spiro atoms. The molecule has 0 saturated carbocycles. The lowest BCUT2D eigenvalue weighted by atomic mass is 10.3. The smallest absolute Gasteiger partial charge is 0.222 e. The lowest BCUT2D eigenvalue weighted by molar-refractivity contribution is 0.802. The minimum atomic E-state index is 0.333. The SMILES string of the molecule is CC(C)(C)SCCNc1ncccn1. The van der Waals surface area contributed by atoms with Gasteiger partial charge in [-0.3, -0.25) is 0 Å². The van der Waals surface area contributed by atoms with Crippen LogP contribution in [0.1, 0.15) is 20.8 Å². The summed E-state index contributed by atoms with van der Waals surface area (Å²) in [6, 6.07) is 1.81. The normalized spacial score (nSPS) is 11.4. The molecule has 3 nitrogen and oxygen atoms in total. The Bertz CT molecular complexity index is 256. The summed E-state index contributed by atoms with van der Waals surface area (Å²) in [6.07, 6.45) is 3.48. The van der Waals surface area contributed by atoms with Crippen LogP contribution in [0.15, 0.2) is 18.5 Å². The van der Waals surface area contributed by atoms with E-state index in [0.29, 0.717) is 10.7 Å². The predicted molar refractivity (Wildman–Crippen MR) is 62.7 cm³/mol. The number of hydrogen-bond donors (Lipinski definition) is 1. The summed E-state index contributed by atoms with van der Waals surface area (Å²) in [5.74, 6) is 1.78. The topological polar surface area (TPSA) is 37.8 Å². The summed E-state index contributed by atoms with van der Waals surface area (Å²) in [7, 11) is 0. The lowest BCUT2D eigenvalue weighted by Gasteiger charge is -2.17. The van der Waals surface area contributed by atoms with Crippen LogP contribution >= 0.6 is 11.8 Å². The largest absolute Gasteiger partial charge is 0.353 e. The van der Waals surface area contributed by atoms with Crippen molar-refractivity contribution in [3.8, 4) is 0 Å². The van der Waals surface area contributed by atoms with Crippen LogP contribution in [0.2, 0.25) is 0 Å². The van der Waals surface area contributed by atoms with E-state index in [1.165, 1.54) is 0 Å². The van der Waals surface area contributed by atoms with E-state index in [4.69, 9.17) is 0 Å². The maximum atomic E-state index is 4.08. The molecule has 0 aliphatic rings. The van der Waals surface area contributed by atoms with E-state index in [1.807, 2.05) is 17.8 Å². The van der Waals surface area contributed by atoms with Crippen LogP contribution in [-0.4, -0.2) is 27.0 Å². The highest BCUT2D eigenvalue weighted by Gasteiger charge is 2.09. The van der Waals surface area contributed by atoms with Gasteiger partial charge in [0.15, 0.2) is 0 Å². The van der Waals surface area contributed by atoms with Crippen molar-refractivity contribution < 1.29 is 0 Å². The Morgan fingerprint density at radius 1 is 1.29 bits per heavy atom. The van der Waals surface area contributed by atoms with Gasteiger partial charge in [0, 0.05) is 29.4 Å². The van der Waals surface area contributed by atoms with Crippen LogP contribution in [0.3, 0.4) is 0 Å². The van der Waals surface area contributed by atoms with Gasteiger partial charge in [-0.1, -0.05) is 20.8 Å². The third kappa shape index (κ3) is 5.07. The molecule has 0 aliphatic carbocycles. The standard InChI is InChI=1S/C10H17N3S/c1-10(2,3)14-8-7-13-9-11-5-4-6-12-9/h4-6H,7-8H2,1-3H3,(H,11,12,13). The van der Waals surface area contributed by atoms with Gasteiger partial charge in [0.2, 0.25) is 5.95 Å². The first kappa shape index (κ1) is 11.3. The zero-order valence-electron chi connectivity index (χ0n) is 8.95. The monoisotopic (exact) mass is 211 g/mol. The van der Waals surface area contributed by atoms with E-state index in [9.17, 15) is 0 Å². The molecule has 78 valence electrons. The molecule has 0 radical (unpaired) electrons. The molecule has 0 bridgehead atoms. The van der Waals surface area contributed by atoms with Crippen molar-refractivity contribution in [1.82, 2.24) is 9.97 Å². The molecule has 1 heterocycles. The molecular weight excluding hydrogens is 194 g/mol. The van der Waals surface area contributed by atoms with Crippen molar-refractivity contribution in [2.45, 2.75) is 25.5 Å². The maximum Gasteiger partial charge on any atom is 0.222 e. The van der Waals surface area contributed by atoms with Gasteiger partial charge in [0.05, 0.1) is 0 Å². The number of nitrogens with one attached hydrogen (secondary N) is 1. The fourth-order valence-electron chi connectivity index (χ4n) is 0.910. The van der Waals surface area contributed by atoms with E-state index in [-0.39, 0.29) is 0 Å². The molecule has 0 amide bonds. The van der Waals surface area contributed by atoms with Crippen molar-refractivity contribution in [3.63, 3.8) is 0 Å². The van der Waals surface area contributed by atoms with Crippen molar-refractivity contribution in [3.05, 3.63) is 18.5 Å². The fraction of sp³-hybridized carbons (Fsp3) is 0.600. The molecule has 1 rings (SSSR count). The second kappa shape index (κ2) is 5.20. The highest BCUT2D eigenvalue weighted by Crippen LogP contribution is 2.22. The molecule has 1 aromatic heterocycles. The average molecular weight is 211 g/mol. The van der Waals surface area contributed by atoms with Crippen LogP contribution in [0.25, 0.3) is 0 Å². The summed E-state index contributed by atoms with van der Waals surface area (Å²) < 4.78 is 0.333. The first-order chi connectivity index (χ1) is 6.58. The van der Waals surface area contributed by atoms with Gasteiger partial charge >= 0.3 is 0 Å². The van der Waals surface area contributed by atoms with Crippen LogP contribution < -0.4 is 5.32 Å². The van der Waals surface area contributed by atoms with Crippen LogP contribution in [0.4, 0.5) is 5.95 Å². The zero-order chi connectivity index (χ0) is 10.4. The molecule has 1 aromatic rings. The Hall–Kier alpha value is -0.770. The molecule has 0 aromatic carbocycles. The Kier molecular flexibility index (Phi) is 4.20. The molecule has 0 atom stereocenters. The molecule has 0 saturated heterocycles. The van der Waals surface area contributed by atoms with Gasteiger partial charge in [0.25, 0.3) is 0 Å². The van der Waals surface area contributed by atoms with Crippen LogP contribution in [-0.2, 0) is 0 Å². The number of thioether (sulfide) groups is 1. The first-order valence-electron chi connectivity index (χ1n) is 4.73. The van der Waals surface area contributed by atoms with Crippen molar-refractivity contribution in [2.75, 3.05) is 17.6 Å². The Morgan fingerprint density at radius 2 is 1.93 bits per heavy atom. The van der Waals surface area contributed by atoms with Gasteiger partial charge in [-0.05, 0) is 6.07 Å². The van der Waals surface area contributed by atoms with Gasteiger partial charge in [-0.15, -0.1) is 0 Å². The minimum absolute atomic E-state index is 0.333. The van der Waals surface area contributed by atoms with Crippen LogP contribution in [0.5, 0.6) is 0 Å². The highest BCUT2D eigenvalue weighted by atomic mass is 32.2. The zero-order valence-corrected chi connectivity index (χ0v) is 9.77. The summed E-state index contributed by atoms with van der Waals surface area (Å²) in [5, 5.41) is 3.17. The van der Waals surface area contributed by atoms with Crippen molar-refractivity contribution >= 4 is 17.7 Å². The Balaban J connectivity index is 2.17. The summed E-state index contributed by atoms with van der Waals surface area (Å²) in [4.78, 5) is 8.16. The third-order valence-electron chi connectivity index (χ3n) is 1.49. The summed E-state index contributed by atoms with van der Waals surface area (Å²) in [5.41, 5.74) is 0. The second-order valence-corrected chi connectivity index (χ2v) is 5.88. The average Bonchev–Trinajstić information content (AvgIpc) is 2.13.